The summed E-state index contributed by atoms with van der Waals surface area (Å²) in [4.78, 5) is 30.9. The summed E-state index contributed by atoms with van der Waals surface area (Å²) in [5, 5.41) is 1.75. The van der Waals surface area contributed by atoms with E-state index in [4.69, 9.17) is 0 Å². The van der Waals surface area contributed by atoms with Crippen LogP contribution in [0.25, 0.3) is 0 Å². The minimum absolute atomic E-state index is 0.00557. The fourth-order valence-corrected chi connectivity index (χ4v) is 6.64. The Morgan fingerprint density at radius 2 is 1.76 bits per heavy atom. The maximum Gasteiger partial charge on any atom is 0.320 e. The molecule has 1 aromatic rings. The second kappa shape index (κ2) is 9.44. The predicted octanol–water partition coefficient (Wildman–Crippen LogP) is 1.75. The Labute approximate surface area is 177 Å². The molecule has 2 aliphatic rings. The summed E-state index contributed by atoms with van der Waals surface area (Å²) >= 11 is 1.20. The van der Waals surface area contributed by atoms with Gasteiger partial charge in [0, 0.05) is 52.4 Å². The van der Waals surface area contributed by atoms with Crippen LogP contribution in [0.5, 0.6) is 0 Å². The molecule has 3 rings (SSSR count). The summed E-state index contributed by atoms with van der Waals surface area (Å²) in [6.45, 7) is 7.99. The molecule has 1 aromatic heterocycles. The van der Waals surface area contributed by atoms with E-state index in [0.717, 1.165) is 0 Å². The minimum Gasteiger partial charge on any atom is -0.339 e. The SMILES string of the molecule is CCN(CC)C(=O)N1CCN(C(=O)C2CCCN(S(=O)(=O)c3cccs3)C2)CC1. The van der Waals surface area contributed by atoms with Gasteiger partial charge in [0.15, 0.2) is 0 Å². The quantitative estimate of drug-likeness (QED) is 0.696. The van der Waals surface area contributed by atoms with E-state index in [1.54, 1.807) is 32.2 Å². The lowest BCUT2D eigenvalue weighted by Crippen LogP contribution is -2.56. The van der Waals surface area contributed by atoms with E-state index in [0.29, 0.717) is 62.9 Å². The Kier molecular flexibility index (Phi) is 7.18. The van der Waals surface area contributed by atoms with Gasteiger partial charge in [-0.2, -0.15) is 4.31 Å². The standard InChI is InChI=1S/C19H30N4O4S2/c1-3-20(4-2)19(25)22-12-10-21(11-13-22)18(24)16-7-5-9-23(15-16)29(26,27)17-8-6-14-28-17/h6,8,14,16H,3-5,7,9-13,15H2,1-2H3. The molecule has 0 saturated carbocycles. The molecule has 8 nitrogen and oxygen atoms in total. The van der Waals surface area contributed by atoms with Crippen molar-refractivity contribution in [2.75, 3.05) is 52.4 Å². The van der Waals surface area contributed by atoms with Crippen molar-refractivity contribution in [3.05, 3.63) is 17.5 Å². The van der Waals surface area contributed by atoms with Crippen molar-refractivity contribution >= 4 is 33.3 Å². The molecular weight excluding hydrogens is 412 g/mol. The summed E-state index contributed by atoms with van der Waals surface area (Å²) < 4.78 is 27.4. The van der Waals surface area contributed by atoms with Crippen LogP contribution in [0.1, 0.15) is 26.7 Å². The number of hydrogen-bond acceptors (Lipinski definition) is 5. The third-order valence-corrected chi connectivity index (χ3v) is 8.96. The van der Waals surface area contributed by atoms with E-state index in [1.807, 2.05) is 13.8 Å². The highest BCUT2D eigenvalue weighted by Crippen LogP contribution is 2.27. The van der Waals surface area contributed by atoms with E-state index in [9.17, 15) is 18.0 Å². The number of thiophene rings is 1. The number of rotatable bonds is 5. The van der Waals surface area contributed by atoms with Gasteiger partial charge in [0.05, 0.1) is 5.92 Å². The van der Waals surface area contributed by atoms with Gasteiger partial charge in [0.1, 0.15) is 4.21 Å². The molecule has 0 N–H and O–H groups in total. The number of urea groups is 1. The second-order valence-corrected chi connectivity index (χ2v) is 10.5. The molecule has 3 amide bonds. The lowest BCUT2D eigenvalue weighted by molar-refractivity contribution is -0.138. The fourth-order valence-electron chi connectivity index (χ4n) is 3.97. The van der Waals surface area contributed by atoms with Crippen LogP contribution >= 0.6 is 11.3 Å². The Balaban J connectivity index is 1.58. The molecule has 0 aromatic carbocycles. The maximum atomic E-state index is 13.0. The van der Waals surface area contributed by atoms with Crippen molar-refractivity contribution in [2.45, 2.75) is 30.9 Å². The van der Waals surface area contributed by atoms with Crippen LogP contribution in [0, 0.1) is 5.92 Å². The van der Waals surface area contributed by atoms with Gasteiger partial charge in [-0.05, 0) is 38.1 Å². The molecule has 2 fully saturated rings. The van der Waals surface area contributed by atoms with Gasteiger partial charge in [-0.3, -0.25) is 4.79 Å². The van der Waals surface area contributed by atoms with E-state index in [-0.39, 0.29) is 24.4 Å². The monoisotopic (exact) mass is 442 g/mol. The van der Waals surface area contributed by atoms with Crippen molar-refractivity contribution in [3.63, 3.8) is 0 Å². The third-order valence-electron chi connectivity index (χ3n) is 5.72. The molecule has 0 aliphatic carbocycles. The summed E-state index contributed by atoms with van der Waals surface area (Å²) in [5.41, 5.74) is 0. The maximum absolute atomic E-state index is 13.0. The zero-order valence-electron chi connectivity index (χ0n) is 17.1. The number of piperidine rings is 1. The molecule has 1 atom stereocenters. The van der Waals surface area contributed by atoms with Gasteiger partial charge in [-0.15, -0.1) is 11.3 Å². The van der Waals surface area contributed by atoms with Crippen molar-refractivity contribution < 1.29 is 18.0 Å². The smallest absolute Gasteiger partial charge is 0.320 e. The third kappa shape index (κ3) is 4.75. The van der Waals surface area contributed by atoms with Crippen molar-refractivity contribution in [2.24, 2.45) is 5.92 Å². The number of carbonyl (C=O) groups is 2. The Morgan fingerprint density at radius 1 is 1.10 bits per heavy atom. The number of piperazine rings is 1. The second-order valence-electron chi connectivity index (χ2n) is 7.40. The van der Waals surface area contributed by atoms with Crippen LogP contribution < -0.4 is 0 Å². The largest absolute Gasteiger partial charge is 0.339 e. The number of hydrogen-bond donors (Lipinski definition) is 0. The first-order chi connectivity index (χ1) is 13.9. The molecule has 29 heavy (non-hydrogen) atoms. The van der Waals surface area contributed by atoms with Gasteiger partial charge >= 0.3 is 6.03 Å². The highest BCUT2D eigenvalue weighted by atomic mass is 32.2. The van der Waals surface area contributed by atoms with Crippen molar-refractivity contribution in [3.8, 4) is 0 Å². The number of nitrogens with zero attached hydrogens (tertiary/aromatic N) is 4. The molecule has 3 heterocycles. The van der Waals surface area contributed by atoms with Crippen molar-refractivity contribution in [1.29, 1.82) is 0 Å². The predicted molar refractivity (Wildman–Crippen MR) is 112 cm³/mol. The Bertz CT molecular complexity index is 800. The fraction of sp³-hybridized carbons (Fsp3) is 0.684. The summed E-state index contributed by atoms with van der Waals surface area (Å²) in [6, 6.07) is 3.36. The number of carbonyl (C=O) groups excluding carboxylic acids is 2. The Hall–Kier alpha value is -1.65. The lowest BCUT2D eigenvalue weighted by Gasteiger charge is -2.39. The van der Waals surface area contributed by atoms with Crippen LogP contribution in [0.4, 0.5) is 4.79 Å². The first-order valence-corrected chi connectivity index (χ1v) is 12.6. The highest BCUT2D eigenvalue weighted by Gasteiger charge is 2.36. The number of amides is 3. The summed E-state index contributed by atoms with van der Waals surface area (Å²) in [5.74, 6) is -0.311. The summed E-state index contributed by atoms with van der Waals surface area (Å²) in [6.07, 6.45) is 1.38. The molecule has 2 saturated heterocycles. The van der Waals surface area contributed by atoms with E-state index in [2.05, 4.69) is 0 Å². The first kappa shape index (κ1) is 22.0. The van der Waals surface area contributed by atoms with Crippen LogP contribution in [-0.4, -0.2) is 91.7 Å². The molecule has 0 spiro atoms. The summed E-state index contributed by atoms with van der Waals surface area (Å²) in [7, 11) is -3.53. The first-order valence-electron chi connectivity index (χ1n) is 10.2. The van der Waals surface area contributed by atoms with Crippen LogP contribution in [0.3, 0.4) is 0 Å². The van der Waals surface area contributed by atoms with Crippen LogP contribution in [0.2, 0.25) is 0 Å². The molecular formula is C19H30N4O4S2. The van der Waals surface area contributed by atoms with Crippen LogP contribution in [0.15, 0.2) is 21.7 Å². The zero-order chi connectivity index (χ0) is 21.0. The average molecular weight is 443 g/mol. The average Bonchev–Trinajstić information content (AvgIpc) is 3.30. The van der Waals surface area contributed by atoms with E-state index >= 15 is 0 Å². The van der Waals surface area contributed by atoms with Gasteiger partial charge in [0.2, 0.25) is 5.91 Å². The lowest BCUT2D eigenvalue weighted by atomic mass is 9.98. The van der Waals surface area contributed by atoms with Gasteiger partial charge in [0.25, 0.3) is 10.0 Å². The highest BCUT2D eigenvalue weighted by molar-refractivity contribution is 7.91. The number of sulfonamides is 1. The van der Waals surface area contributed by atoms with Gasteiger partial charge < -0.3 is 14.7 Å². The zero-order valence-corrected chi connectivity index (χ0v) is 18.8. The topological polar surface area (TPSA) is 81.2 Å². The molecule has 162 valence electrons. The van der Waals surface area contributed by atoms with Gasteiger partial charge in [-0.1, -0.05) is 6.07 Å². The van der Waals surface area contributed by atoms with Gasteiger partial charge in [-0.25, -0.2) is 13.2 Å². The molecule has 0 radical (unpaired) electrons. The molecule has 2 aliphatic heterocycles. The van der Waals surface area contributed by atoms with Crippen molar-refractivity contribution in [1.82, 2.24) is 19.0 Å². The molecule has 0 bridgehead atoms. The normalized spacial score (nSPS) is 21.2. The van der Waals surface area contributed by atoms with Crippen LogP contribution in [-0.2, 0) is 14.8 Å². The van der Waals surface area contributed by atoms with E-state index in [1.165, 1.54) is 15.6 Å². The Morgan fingerprint density at radius 3 is 2.34 bits per heavy atom. The molecule has 1 unspecified atom stereocenters. The molecule has 10 heteroatoms. The minimum atomic E-state index is -3.53. The van der Waals surface area contributed by atoms with E-state index < -0.39 is 10.0 Å².